The van der Waals surface area contributed by atoms with Crippen LogP contribution in [0, 0.1) is 17.7 Å². The molecule has 5 atom stereocenters. The lowest BCUT2D eigenvalue weighted by Gasteiger charge is -2.40. The summed E-state index contributed by atoms with van der Waals surface area (Å²) in [5.41, 5.74) is -2.00. The third kappa shape index (κ3) is 4.79. The average molecular weight is 574 g/mol. The van der Waals surface area contributed by atoms with Crippen molar-refractivity contribution in [2.75, 3.05) is 18.6 Å². The third-order valence-corrected chi connectivity index (χ3v) is 8.29. The molecule has 0 saturated heterocycles. The number of aliphatic hydroxyl groups is 1. The Balaban J connectivity index is 1.44. The Labute approximate surface area is 233 Å². The lowest BCUT2D eigenvalue weighted by Crippen LogP contribution is -2.52. The van der Waals surface area contributed by atoms with Crippen LogP contribution in [0.1, 0.15) is 34.3 Å². The summed E-state index contributed by atoms with van der Waals surface area (Å²) in [6, 6.07) is 12.3. The van der Waals surface area contributed by atoms with Crippen molar-refractivity contribution in [2.45, 2.75) is 36.3 Å². The fraction of sp³-hybridized carbons (Fsp3) is 0.345. The van der Waals surface area contributed by atoms with E-state index in [1.54, 1.807) is 18.2 Å². The maximum absolute atomic E-state index is 14.9. The molecule has 7 nitrogen and oxygen atoms in total. The first-order chi connectivity index (χ1) is 19.2. The number of para-hydroxylation sites is 1. The molecule has 0 unspecified atom stereocenters. The SMILES string of the molecule is COc1cccc2c1N(C[C@H]1C[C@@H](C(F)F)[C@H](NC(=O)c3cccnc3)C[C@H]1Cl)C(=O)[C@]2(O)c1ccccc1F. The maximum atomic E-state index is 14.9. The van der Waals surface area contributed by atoms with E-state index in [1.165, 1.54) is 54.7 Å². The van der Waals surface area contributed by atoms with Crippen LogP contribution in [-0.4, -0.2) is 53.4 Å². The van der Waals surface area contributed by atoms with Gasteiger partial charge in [0.1, 0.15) is 11.6 Å². The van der Waals surface area contributed by atoms with Crippen LogP contribution in [-0.2, 0) is 10.4 Å². The van der Waals surface area contributed by atoms with Crippen molar-refractivity contribution in [3.8, 4) is 5.75 Å². The number of fused-ring (bicyclic) bond motifs is 1. The number of halogens is 4. The molecule has 1 aromatic heterocycles. The zero-order valence-corrected chi connectivity index (χ0v) is 22.2. The van der Waals surface area contributed by atoms with Gasteiger partial charge in [0.25, 0.3) is 11.8 Å². The summed E-state index contributed by atoms with van der Waals surface area (Å²) in [7, 11) is 1.39. The fourth-order valence-electron chi connectivity index (χ4n) is 5.75. The van der Waals surface area contributed by atoms with Gasteiger partial charge in [-0.05, 0) is 43.0 Å². The molecule has 2 heterocycles. The molecule has 2 aromatic carbocycles. The fourth-order valence-corrected chi connectivity index (χ4v) is 6.12. The van der Waals surface area contributed by atoms with Gasteiger partial charge in [-0.1, -0.05) is 30.3 Å². The molecule has 3 aromatic rings. The van der Waals surface area contributed by atoms with Crippen molar-refractivity contribution in [1.82, 2.24) is 10.3 Å². The van der Waals surface area contributed by atoms with E-state index in [0.717, 1.165) is 6.07 Å². The summed E-state index contributed by atoms with van der Waals surface area (Å²) in [6.07, 6.45) is 0.00908. The van der Waals surface area contributed by atoms with Gasteiger partial charge in [0.15, 0.2) is 5.60 Å². The van der Waals surface area contributed by atoms with E-state index in [0.29, 0.717) is 0 Å². The Morgan fingerprint density at radius 1 is 1.18 bits per heavy atom. The van der Waals surface area contributed by atoms with Gasteiger partial charge in [0.05, 0.1) is 18.4 Å². The number of methoxy groups -OCH3 is 1. The predicted octanol–water partition coefficient (Wildman–Crippen LogP) is 4.51. The summed E-state index contributed by atoms with van der Waals surface area (Å²) < 4.78 is 48.9. The number of aromatic nitrogens is 1. The number of alkyl halides is 3. The number of nitrogens with one attached hydrogen (secondary N) is 1. The number of hydrogen-bond donors (Lipinski definition) is 2. The van der Waals surface area contributed by atoms with E-state index in [2.05, 4.69) is 10.3 Å². The molecule has 210 valence electrons. The molecule has 40 heavy (non-hydrogen) atoms. The second kappa shape index (κ2) is 11.1. The highest BCUT2D eigenvalue weighted by molar-refractivity contribution is 6.21. The van der Waals surface area contributed by atoms with Gasteiger partial charge in [0, 0.05) is 47.4 Å². The number of amides is 2. The molecule has 11 heteroatoms. The first-order valence-electron chi connectivity index (χ1n) is 12.8. The van der Waals surface area contributed by atoms with E-state index in [1.807, 2.05) is 0 Å². The molecule has 1 aliphatic carbocycles. The smallest absolute Gasteiger partial charge is 0.268 e. The van der Waals surface area contributed by atoms with Crippen LogP contribution in [0.25, 0.3) is 0 Å². The molecule has 0 spiro atoms. The van der Waals surface area contributed by atoms with Crippen LogP contribution in [0.15, 0.2) is 67.0 Å². The number of nitrogens with zero attached hydrogens (tertiary/aromatic N) is 2. The van der Waals surface area contributed by atoms with Crippen LogP contribution in [0.5, 0.6) is 5.75 Å². The van der Waals surface area contributed by atoms with Crippen molar-refractivity contribution >= 4 is 29.1 Å². The number of rotatable bonds is 7. The van der Waals surface area contributed by atoms with Gasteiger partial charge < -0.3 is 20.1 Å². The van der Waals surface area contributed by atoms with Crippen LogP contribution in [0.3, 0.4) is 0 Å². The first kappa shape index (κ1) is 27.9. The molecule has 0 bridgehead atoms. The van der Waals surface area contributed by atoms with Crippen LogP contribution in [0.2, 0.25) is 0 Å². The quantitative estimate of drug-likeness (QED) is 0.406. The minimum Gasteiger partial charge on any atom is -0.495 e. The largest absolute Gasteiger partial charge is 0.495 e. The Morgan fingerprint density at radius 3 is 2.60 bits per heavy atom. The van der Waals surface area contributed by atoms with E-state index in [-0.39, 0.29) is 47.5 Å². The molecule has 2 amide bonds. The van der Waals surface area contributed by atoms with E-state index in [4.69, 9.17) is 16.3 Å². The predicted molar refractivity (Wildman–Crippen MR) is 142 cm³/mol. The molecular weight excluding hydrogens is 547 g/mol. The lowest BCUT2D eigenvalue weighted by atomic mass is 9.77. The first-order valence-corrected chi connectivity index (χ1v) is 13.2. The van der Waals surface area contributed by atoms with Crippen LogP contribution < -0.4 is 15.0 Å². The summed E-state index contributed by atoms with van der Waals surface area (Å²) in [5, 5.41) is 13.7. The Morgan fingerprint density at radius 2 is 1.93 bits per heavy atom. The summed E-state index contributed by atoms with van der Waals surface area (Å²) in [4.78, 5) is 31.7. The van der Waals surface area contributed by atoms with Crippen molar-refractivity contribution in [1.29, 1.82) is 0 Å². The Bertz CT molecular complexity index is 1410. The van der Waals surface area contributed by atoms with Gasteiger partial charge in [-0.15, -0.1) is 11.6 Å². The number of ether oxygens (including phenoxy) is 1. The van der Waals surface area contributed by atoms with E-state index >= 15 is 0 Å². The van der Waals surface area contributed by atoms with Gasteiger partial charge in [-0.25, -0.2) is 13.2 Å². The third-order valence-electron chi connectivity index (χ3n) is 7.76. The zero-order valence-electron chi connectivity index (χ0n) is 21.4. The minimum absolute atomic E-state index is 0.0334. The normalized spacial score (nSPS) is 26.1. The molecular formula is C29H27ClF3N3O4. The standard InChI is InChI=1S/C29H27ClF3N3O4/c1-40-24-10-4-8-20-25(24)36(28(38)29(20,39)19-7-2-3-9-22(19)31)15-17-12-18(26(32)33)23(13-21(17)30)35-27(37)16-6-5-11-34-14-16/h2-11,14,17-18,21,23,26,39H,12-13,15H2,1H3,(H,35,37)/t17-,18-,21-,23-,29+/m1/s1. The average Bonchev–Trinajstić information content (AvgIpc) is 3.17. The monoisotopic (exact) mass is 573 g/mol. The highest BCUT2D eigenvalue weighted by Crippen LogP contribution is 2.50. The topological polar surface area (TPSA) is 91.8 Å². The van der Waals surface area contributed by atoms with E-state index < -0.39 is 52.9 Å². The van der Waals surface area contributed by atoms with E-state index in [9.17, 15) is 27.9 Å². The maximum Gasteiger partial charge on any atom is 0.268 e. The summed E-state index contributed by atoms with van der Waals surface area (Å²) in [5.74, 6) is -3.74. The van der Waals surface area contributed by atoms with Crippen molar-refractivity contribution < 1.29 is 32.6 Å². The number of hydrogen-bond acceptors (Lipinski definition) is 5. The highest BCUT2D eigenvalue weighted by Gasteiger charge is 2.54. The van der Waals surface area contributed by atoms with Crippen molar-refractivity contribution in [2.24, 2.45) is 11.8 Å². The molecule has 2 aliphatic rings. The highest BCUT2D eigenvalue weighted by atomic mass is 35.5. The van der Waals surface area contributed by atoms with Crippen LogP contribution >= 0.6 is 11.6 Å². The van der Waals surface area contributed by atoms with Gasteiger partial charge >= 0.3 is 0 Å². The Hall–Kier alpha value is -3.63. The lowest BCUT2D eigenvalue weighted by molar-refractivity contribution is -0.132. The van der Waals surface area contributed by atoms with Crippen molar-refractivity contribution in [3.05, 3.63) is 89.5 Å². The second-order valence-electron chi connectivity index (χ2n) is 10.0. The number of carbonyl (C=O) groups is 2. The number of benzene rings is 2. The molecule has 1 fully saturated rings. The number of pyridine rings is 1. The minimum atomic E-state index is -2.77. The number of anilines is 1. The molecule has 1 aliphatic heterocycles. The van der Waals surface area contributed by atoms with Gasteiger partial charge in [-0.3, -0.25) is 14.6 Å². The van der Waals surface area contributed by atoms with Crippen molar-refractivity contribution in [3.63, 3.8) is 0 Å². The second-order valence-corrected chi connectivity index (χ2v) is 10.6. The summed E-state index contributed by atoms with van der Waals surface area (Å²) >= 11 is 6.72. The molecule has 0 radical (unpaired) electrons. The zero-order chi connectivity index (χ0) is 28.6. The van der Waals surface area contributed by atoms with Gasteiger partial charge in [0.2, 0.25) is 6.43 Å². The Kier molecular flexibility index (Phi) is 7.74. The summed E-state index contributed by atoms with van der Waals surface area (Å²) in [6.45, 7) is -0.121. The molecule has 2 N–H and O–H groups in total. The van der Waals surface area contributed by atoms with Gasteiger partial charge in [-0.2, -0.15) is 0 Å². The molecule has 1 saturated carbocycles. The molecule has 5 rings (SSSR count). The van der Waals surface area contributed by atoms with Crippen LogP contribution in [0.4, 0.5) is 18.9 Å². The number of carbonyl (C=O) groups excluding carboxylic acids is 2.